The summed E-state index contributed by atoms with van der Waals surface area (Å²) in [6, 6.07) is 7.09. The van der Waals surface area contributed by atoms with Crippen LogP contribution in [0.5, 0.6) is 0 Å². The highest BCUT2D eigenvalue weighted by atomic mass is 16.2. The van der Waals surface area contributed by atoms with Gasteiger partial charge in [-0.3, -0.25) is 9.59 Å². The molecule has 0 aliphatic carbocycles. The molecule has 1 rings (SSSR count). The average Bonchev–Trinajstić information content (AvgIpc) is 2.52. The molecule has 0 atom stereocenters. The number of hydrogen-bond donors (Lipinski definition) is 2. The first-order chi connectivity index (χ1) is 10.7. The molecule has 22 heavy (non-hydrogen) atoms. The quantitative estimate of drug-likeness (QED) is 0.639. The molecule has 0 aromatic heterocycles. The first-order valence-corrected chi connectivity index (χ1v) is 8.35. The van der Waals surface area contributed by atoms with Crippen LogP contribution in [0.3, 0.4) is 0 Å². The molecule has 0 saturated heterocycles. The van der Waals surface area contributed by atoms with E-state index in [0.717, 1.165) is 32.1 Å². The standard InChI is InChI=1S/C18H28N2O2/c1-3-5-7-8-12-17(21)20-16-11-9-10-15(14-16)18(22)19-13-6-4-2/h9-11,14H,3-8,12-13H2,1-2H3,(H,19,22)(H,20,21). The highest BCUT2D eigenvalue weighted by molar-refractivity contribution is 5.97. The molecular weight excluding hydrogens is 276 g/mol. The minimum atomic E-state index is -0.0903. The summed E-state index contributed by atoms with van der Waals surface area (Å²) >= 11 is 0. The van der Waals surface area contributed by atoms with Crippen LogP contribution in [-0.2, 0) is 4.79 Å². The molecule has 0 fully saturated rings. The van der Waals surface area contributed by atoms with Crippen LogP contribution in [0.15, 0.2) is 24.3 Å². The van der Waals surface area contributed by atoms with Crippen molar-refractivity contribution < 1.29 is 9.59 Å². The van der Waals surface area contributed by atoms with Gasteiger partial charge in [0.2, 0.25) is 5.91 Å². The zero-order chi connectivity index (χ0) is 16.2. The smallest absolute Gasteiger partial charge is 0.251 e. The van der Waals surface area contributed by atoms with E-state index < -0.39 is 0 Å². The van der Waals surface area contributed by atoms with E-state index in [2.05, 4.69) is 24.5 Å². The number of amides is 2. The summed E-state index contributed by atoms with van der Waals surface area (Å²) in [5.74, 6) is -0.0767. The second-order valence-electron chi connectivity index (χ2n) is 5.55. The van der Waals surface area contributed by atoms with E-state index in [4.69, 9.17) is 0 Å². The molecule has 0 heterocycles. The Morgan fingerprint density at radius 3 is 2.50 bits per heavy atom. The van der Waals surface area contributed by atoms with E-state index in [9.17, 15) is 9.59 Å². The second-order valence-corrected chi connectivity index (χ2v) is 5.55. The number of rotatable bonds is 10. The summed E-state index contributed by atoms with van der Waals surface area (Å²) in [6.45, 7) is 4.92. The van der Waals surface area contributed by atoms with Crippen molar-refractivity contribution >= 4 is 17.5 Å². The maximum atomic E-state index is 12.0. The van der Waals surface area contributed by atoms with E-state index in [-0.39, 0.29) is 11.8 Å². The first-order valence-electron chi connectivity index (χ1n) is 8.35. The molecule has 0 aliphatic heterocycles. The summed E-state index contributed by atoms with van der Waals surface area (Å²) in [4.78, 5) is 23.8. The minimum Gasteiger partial charge on any atom is -0.352 e. The van der Waals surface area contributed by atoms with Crippen LogP contribution in [-0.4, -0.2) is 18.4 Å². The molecule has 122 valence electrons. The number of hydrogen-bond acceptors (Lipinski definition) is 2. The molecule has 0 radical (unpaired) electrons. The van der Waals surface area contributed by atoms with E-state index in [1.54, 1.807) is 18.2 Å². The molecule has 0 spiro atoms. The van der Waals surface area contributed by atoms with Gasteiger partial charge in [-0.1, -0.05) is 45.6 Å². The van der Waals surface area contributed by atoms with E-state index in [0.29, 0.717) is 24.2 Å². The maximum absolute atomic E-state index is 12.0. The van der Waals surface area contributed by atoms with Crippen molar-refractivity contribution in [2.75, 3.05) is 11.9 Å². The minimum absolute atomic E-state index is 0.0136. The van der Waals surface area contributed by atoms with Gasteiger partial charge in [0, 0.05) is 24.2 Å². The van der Waals surface area contributed by atoms with Gasteiger partial charge < -0.3 is 10.6 Å². The highest BCUT2D eigenvalue weighted by Gasteiger charge is 2.07. The lowest BCUT2D eigenvalue weighted by molar-refractivity contribution is -0.116. The Hall–Kier alpha value is -1.84. The van der Waals surface area contributed by atoms with Crippen LogP contribution in [0.4, 0.5) is 5.69 Å². The normalized spacial score (nSPS) is 10.3. The number of anilines is 1. The molecule has 0 aliphatic rings. The summed E-state index contributed by atoms with van der Waals surface area (Å²) in [7, 11) is 0. The summed E-state index contributed by atoms with van der Waals surface area (Å²) < 4.78 is 0. The SMILES string of the molecule is CCCCCCC(=O)Nc1cccc(C(=O)NCCCC)c1. The van der Waals surface area contributed by atoms with Crippen LogP contribution < -0.4 is 10.6 Å². The Labute approximate surface area is 133 Å². The number of nitrogens with one attached hydrogen (secondary N) is 2. The van der Waals surface area contributed by atoms with Gasteiger partial charge in [0.25, 0.3) is 5.91 Å². The van der Waals surface area contributed by atoms with E-state index in [1.165, 1.54) is 6.42 Å². The molecule has 0 unspecified atom stereocenters. The Bertz CT molecular complexity index is 472. The van der Waals surface area contributed by atoms with E-state index >= 15 is 0 Å². The van der Waals surface area contributed by atoms with Gasteiger partial charge >= 0.3 is 0 Å². The Kier molecular flexibility index (Phi) is 8.96. The number of unbranched alkanes of at least 4 members (excludes halogenated alkanes) is 4. The molecule has 0 saturated carbocycles. The monoisotopic (exact) mass is 304 g/mol. The lowest BCUT2D eigenvalue weighted by Gasteiger charge is -2.08. The average molecular weight is 304 g/mol. The molecule has 4 heteroatoms. The first kappa shape index (κ1) is 18.2. The Morgan fingerprint density at radius 2 is 1.77 bits per heavy atom. The topological polar surface area (TPSA) is 58.2 Å². The van der Waals surface area contributed by atoms with Crippen molar-refractivity contribution in [2.24, 2.45) is 0 Å². The zero-order valence-corrected chi connectivity index (χ0v) is 13.8. The second kappa shape index (κ2) is 10.8. The molecule has 1 aromatic carbocycles. The summed E-state index contributed by atoms with van der Waals surface area (Å²) in [5, 5.41) is 5.74. The highest BCUT2D eigenvalue weighted by Crippen LogP contribution is 2.12. The van der Waals surface area contributed by atoms with Gasteiger partial charge in [0.1, 0.15) is 0 Å². The Morgan fingerprint density at radius 1 is 1.00 bits per heavy atom. The number of carbonyl (C=O) groups excluding carboxylic acids is 2. The lowest BCUT2D eigenvalue weighted by Crippen LogP contribution is -2.24. The maximum Gasteiger partial charge on any atom is 0.251 e. The fraction of sp³-hybridized carbons (Fsp3) is 0.556. The molecule has 2 N–H and O–H groups in total. The van der Waals surface area contributed by atoms with Gasteiger partial charge in [-0.05, 0) is 31.0 Å². The third kappa shape index (κ3) is 7.25. The molecular formula is C18H28N2O2. The zero-order valence-electron chi connectivity index (χ0n) is 13.8. The van der Waals surface area contributed by atoms with E-state index in [1.807, 2.05) is 6.07 Å². The van der Waals surface area contributed by atoms with Gasteiger partial charge in [-0.15, -0.1) is 0 Å². The van der Waals surface area contributed by atoms with Crippen LogP contribution in [0.25, 0.3) is 0 Å². The predicted molar refractivity (Wildman–Crippen MR) is 91.1 cm³/mol. The Balaban J connectivity index is 2.46. The molecule has 0 bridgehead atoms. The van der Waals surface area contributed by atoms with Crippen molar-refractivity contribution in [3.05, 3.63) is 29.8 Å². The van der Waals surface area contributed by atoms with Crippen molar-refractivity contribution in [1.82, 2.24) is 5.32 Å². The molecule has 2 amide bonds. The lowest BCUT2D eigenvalue weighted by atomic mass is 10.1. The van der Waals surface area contributed by atoms with Gasteiger partial charge in [-0.25, -0.2) is 0 Å². The van der Waals surface area contributed by atoms with Crippen LogP contribution in [0.1, 0.15) is 69.2 Å². The van der Waals surface area contributed by atoms with Gasteiger partial charge in [0.05, 0.1) is 0 Å². The van der Waals surface area contributed by atoms with Crippen LogP contribution in [0.2, 0.25) is 0 Å². The largest absolute Gasteiger partial charge is 0.352 e. The van der Waals surface area contributed by atoms with Crippen molar-refractivity contribution in [3.8, 4) is 0 Å². The summed E-state index contributed by atoms with van der Waals surface area (Å²) in [5.41, 5.74) is 1.27. The fourth-order valence-corrected chi connectivity index (χ4v) is 2.15. The van der Waals surface area contributed by atoms with Gasteiger partial charge in [-0.2, -0.15) is 0 Å². The third-order valence-corrected chi connectivity index (χ3v) is 3.48. The van der Waals surface area contributed by atoms with Crippen molar-refractivity contribution in [2.45, 2.75) is 58.8 Å². The van der Waals surface area contributed by atoms with Crippen LogP contribution >= 0.6 is 0 Å². The molecule has 1 aromatic rings. The molecule has 4 nitrogen and oxygen atoms in total. The predicted octanol–water partition coefficient (Wildman–Crippen LogP) is 4.13. The summed E-state index contributed by atoms with van der Waals surface area (Å²) in [6.07, 6.45) is 6.89. The number of carbonyl (C=O) groups is 2. The third-order valence-electron chi connectivity index (χ3n) is 3.48. The van der Waals surface area contributed by atoms with Crippen molar-refractivity contribution in [1.29, 1.82) is 0 Å². The fourth-order valence-electron chi connectivity index (χ4n) is 2.15. The van der Waals surface area contributed by atoms with Crippen LogP contribution in [0, 0.1) is 0 Å². The van der Waals surface area contributed by atoms with Crippen molar-refractivity contribution in [3.63, 3.8) is 0 Å². The number of benzene rings is 1. The van der Waals surface area contributed by atoms with Gasteiger partial charge in [0.15, 0.2) is 0 Å².